The van der Waals surface area contributed by atoms with Crippen LogP contribution < -0.4 is 5.32 Å². The minimum Gasteiger partial charge on any atom is -0.479 e. The van der Waals surface area contributed by atoms with Crippen molar-refractivity contribution < 1.29 is 19.4 Å². The van der Waals surface area contributed by atoms with Crippen LogP contribution in [0.4, 0.5) is 5.69 Å². The van der Waals surface area contributed by atoms with Gasteiger partial charge >= 0.3 is 5.97 Å². The molecule has 1 aromatic heterocycles. The van der Waals surface area contributed by atoms with Crippen molar-refractivity contribution in [3.05, 3.63) is 12.4 Å². The number of nitrogens with one attached hydrogen (secondary N) is 1. The third-order valence-corrected chi connectivity index (χ3v) is 3.78. The summed E-state index contributed by atoms with van der Waals surface area (Å²) in [6, 6.07) is 0. The molecule has 0 unspecified atom stereocenters. The lowest BCUT2D eigenvalue weighted by Crippen LogP contribution is -2.35. The molecular weight excluding hydrogens is 274 g/mol. The number of aliphatic carboxylic acids is 1. The molecule has 0 atom stereocenters. The molecule has 0 aromatic carbocycles. The van der Waals surface area contributed by atoms with E-state index in [1.165, 1.54) is 17.1 Å². The summed E-state index contributed by atoms with van der Waals surface area (Å²) in [7, 11) is 0. The quantitative estimate of drug-likeness (QED) is 0.857. The number of anilines is 1. The SMILES string of the molecule is CC(C)(C(=O)O)n1cc(NC(=O)CC2CCOCC2)cn1. The first kappa shape index (κ1) is 15.5. The van der Waals surface area contributed by atoms with Crippen LogP contribution in [0.15, 0.2) is 12.4 Å². The lowest BCUT2D eigenvalue weighted by atomic mass is 9.96. The first-order chi connectivity index (χ1) is 9.89. The predicted octanol–water partition coefficient (Wildman–Crippen LogP) is 1.46. The van der Waals surface area contributed by atoms with Crippen molar-refractivity contribution in [3.63, 3.8) is 0 Å². The van der Waals surface area contributed by atoms with E-state index in [0.29, 0.717) is 31.2 Å². The summed E-state index contributed by atoms with van der Waals surface area (Å²) in [4.78, 5) is 23.1. The average molecular weight is 295 g/mol. The molecule has 1 fully saturated rings. The van der Waals surface area contributed by atoms with E-state index >= 15 is 0 Å². The van der Waals surface area contributed by atoms with Gasteiger partial charge in [0.25, 0.3) is 0 Å². The molecule has 2 heterocycles. The number of nitrogens with zero attached hydrogens (tertiary/aromatic N) is 2. The Kier molecular flexibility index (Phi) is 4.62. The third kappa shape index (κ3) is 3.81. The Hall–Kier alpha value is -1.89. The van der Waals surface area contributed by atoms with Crippen molar-refractivity contribution >= 4 is 17.6 Å². The van der Waals surface area contributed by atoms with E-state index in [-0.39, 0.29) is 5.91 Å². The lowest BCUT2D eigenvalue weighted by molar-refractivity contribution is -0.146. The number of carbonyl (C=O) groups excluding carboxylic acids is 1. The number of aromatic nitrogens is 2. The highest BCUT2D eigenvalue weighted by molar-refractivity contribution is 5.90. The van der Waals surface area contributed by atoms with Crippen LogP contribution in [-0.2, 0) is 19.9 Å². The van der Waals surface area contributed by atoms with Crippen molar-refractivity contribution in [1.82, 2.24) is 9.78 Å². The number of carbonyl (C=O) groups is 2. The van der Waals surface area contributed by atoms with Crippen LogP contribution in [0.1, 0.15) is 33.1 Å². The Bertz CT molecular complexity index is 518. The van der Waals surface area contributed by atoms with E-state index < -0.39 is 11.5 Å². The summed E-state index contributed by atoms with van der Waals surface area (Å²) >= 11 is 0. The molecule has 0 radical (unpaired) electrons. The Morgan fingerprint density at radius 1 is 1.48 bits per heavy atom. The molecule has 116 valence electrons. The predicted molar refractivity (Wildman–Crippen MR) is 76.0 cm³/mol. The number of rotatable bonds is 5. The number of hydrogen-bond acceptors (Lipinski definition) is 4. The van der Waals surface area contributed by atoms with Crippen LogP contribution in [0.2, 0.25) is 0 Å². The second-order valence-corrected chi connectivity index (χ2v) is 5.85. The minimum absolute atomic E-state index is 0.0745. The van der Waals surface area contributed by atoms with Crippen molar-refractivity contribution in [2.24, 2.45) is 5.92 Å². The van der Waals surface area contributed by atoms with Gasteiger partial charge in [-0.15, -0.1) is 0 Å². The van der Waals surface area contributed by atoms with Gasteiger partial charge < -0.3 is 15.2 Å². The number of carboxylic acids is 1. The minimum atomic E-state index is -1.15. The molecule has 0 aliphatic carbocycles. The molecule has 1 aromatic rings. The molecular formula is C14H21N3O4. The maximum atomic E-state index is 12.0. The Labute approximate surface area is 123 Å². The van der Waals surface area contributed by atoms with Gasteiger partial charge in [0.2, 0.25) is 5.91 Å². The molecule has 1 amide bonds. The molecule has 1 aliphatic rings. The normalized spacial score (nSPS) is 16.7. The van der Waals surface area contributed by atoms with Crippen molar-refractivity contribution in [2.75, 3.05) is 18.5 Å². The fourth-order valence-electron chi connectivity index (χ4n) is 2.22. The number of amides is 1. The highest BCUT2D eigenvalue weighted by Crippen LogP contribution is 2.20. The van der Waals surface area contributed by atoms with Crippen LogP contribution in [0, 0.1) is 5.92 Å². The zero-order valence-electron chi connectivity index (χ0n) is 12.3. The molecule has 1 saturated heterocycles. The topological polar surface area (TPSA) is 93.5 Å². The first-order valence-electron chi connectivity index (χ1n) is 7.05. The van der Waals surface area contributed by atoms with E-state index in [9.17, 15) is 9.59 Å². The first-order valence-corrected chi connectivity index (χ1v) is 7.05. The second kappa shape index (κ2) is 6.26. The molecule has 21 heavy (non-hydrogen) atoms. The van der Waals surface area contributed by atoms with Gasteiger partial charge in [0.1, 0.15) is 0 Å². The van der Waals surface area contributed by atoms with Crippen molar-refractivity contribution in [1.29, 1.82) is 0 Å². The molecule has 7 heteroatoms. The van der Waals surface area contributed by atoms with Crippen LogP contribution in [0.25, 0.3) is 0 Å². The Balaban J connectivity index is 1.92. The summed E-state index contributed by atoms with van der Waals surface area (Å²) in [5, 5.41) is 15.9. The fraction of sp³-hybridized carbons (Fsp3) is 0.643. The molecule has 2 rings (SSSR count). The summed E-state index contributed by atoms with van der Waals surface area (Å²) in [6.45, 7) is 4.53. The molecule has 1 aliphatic heterocycles. The largest absolute Gasteiger partial charge is 0.479 e. The van der Waals surface area contributed by atoms with E-state index in [2.05, 4.69) is 10.4 Å². The van der Waals surface area contributed by atoms with E-state index in [0.717, 1.165) is 12.8 Å². The van der Waals surface area contributed by atoms with E-state index in [4.69, 9.17) is 9.84 Å². The summed E-state index contributed by atoms with van der Waals surface area (Å²) in [5.74, 6) is -0.704. The van der Waals surface area contributed by atoms with Crippen LogP contribution >= 0.6 is 0 Å². The van der Waals surface area contributed by atoms with Crippen LogP contribution in [0.3, 0.4) is 0 Å². The zero-order chi connectivity index (χ0) is 15.5. The smallest absolute Gasteiger partial charge is 0.331 e. The molecule has 7 nitrogen and oxygen atoms in total. The zero-order valence-corrected chi connectivity index (χ0v) is 12.3. The van der Waals surface area contributed by atoms with E-state index in [1.54, 1.807) is 13.8 Å². The second-order valence-electron chi connectivity index (χ2n) is 5.85. The standard InChI is InChI=1S/C14H21N3O4/c1-14(2,13(19)20)17-9-11(8-15-17)16-12(18)7-10-3-5-21-6-4-10/h8-10H,3-7H2,1-2H3,(H,16,18)(H,19,20). The molecule has 0 bridgehead atoms. The fourth-order valence-corrected chi connectivity index (χ4v) is 2.22. The van der Waals surface area contributed by atoms with Gasteiger partial charge in [-0.2, -0.15) is 5.10 Å². The molecule has 0 saturated carbocycles. The highest BCUT2D eigenvalue weighted by atomic mass is 16.5. The van der Waals surface area contributed by atoms with Crippen molar-refractivity contribution in [2.45, 2.75) is 38.6 Å². The van der Waals surface area contributed by atoms with Gasteiger partial charge in [0.15, 0.2) is 5.54 Å². The highest BCUT2D eigenvalue weighted by Gasteiger charge is 2.30. The molecule has 2 N–H and O–H groups in total. The van der Waals surface area contributed by atoms with Crippen molar-refractivity contribution in [3.8, 4) is 0 Å². The third-order valence-electron chi connectivity index (χ3n) is 3.78. The van der Waals surface area contributed by atoms with Gasteiger partial charge in [-0.1, -0.05) is 0 Å². The lowest BCUT2D eigenvalue weighted by Gasteiger charge is -2.21. The summed E-state index contributed by atoms with van der Waals surface area (Å²) in [5.41, 5.74) is -0.634. The monoisotopic (exact) mass is 295 g/mol. The Morgan fingerprint density at radius 2 is 2.14 bits per heavy atom. The molecule has 0 spiro atoms. The van der Waals surface area contributed by atoms with Gasteiger partial charge in [0, 0.05) is 25.8 Å². The van der Waals surface area contributed by atoms with E-state index in [1.807, 2.05) is 0 Å². The number of hydrogen-bond donors (Lipinski definition) is 2. The average Bonchev–Trinajstić information content (AvgIpc) is 2.88. The summed E-state index contributed by atoms with van der Waals surface area (Å²) in [6.07, 6.45) is 5.26. The van der Waals surface area contributed by atoms with Gasteiger partial charge in [-0.3, -0.25) is 9.48 Å². The van der Waals surface area contributed by atoms with Crippen LogP contribution in [-0.4, -0.2) is 40.0 Å². The summed E-state index contributed by atoms with van der Waals surface area (Å²) < 4.78 is 6.59. The maximum Gasteiger partial charge on any atom is 0.331 e. The van der Waals surface area contributed by atoms with Gasteiger partial charge in [0.05, 0.1) is 11.9 Å². The van der Waals surface area contributed by atoms with Crippen LogP contribution in [0.5, 0.6) is 0 Å². The maximum absolute atomic E-state index is 12.0. The van der Waals surface area contributed by atoms with Gasteiger partial charge in [-0.25, -0.2) is 4.79 Å². The Morgan fingerprint density at radius 3 is 2.76 bits per heavy atom. The number of ether oxygens (including phenoxy) is 1. The number of carboxylic acid groups (broad SMARTS) is 1. The van der Waals surface area contributed by atoms with Gasteiger partial charge in [-0.05, 0) is 32.6 Å².